The summed E-state index contributed by atoms with van der Waals surface area (Å²) in [5, 5.41) is 0. The molecule has 0 N–H and O–H groups in total. The van der Waals surface area contributed by atoms with E-state index in [4.69, 9.17) is 0 Å². The lowest BCUT2D eigenvalue weighted by Crippen LogP contribution is -2.03. The van der Waals surface area contributed by atoms with Gasteiger partial charge >= 0.3 is 0 Å². The predicted molar refractivity (Wildman–Crippen MR) is 79.2 cm³/mol. The van der Waals surface area contributed by atoms with Crippen LogP contribution in [0, 0.1) is 0 Å². The lowest BCUT2D eigenvalue weighted by atomic mass is 10.0. The minimum atomic E-state index is 0.0918. The van der Waals surface area contributed by atoms with Crippen molar-refractivity contribution in [2.45, 2.75) is 5.75 Å². The highest BCUT2D eigenvalue weighted by atomic mass is 32.2. The first kappa shape index (κ1) is 12.9. The predicted octanol–water partition coefficient (Wildman–Crippen LogP) is 3.30. The molecule has 1 nitrogen and oxygen atoms in total. The molecule has 0 aliphatic heterocycles. The molecule has 2 rings (SSSR count). The van der Waals surface area contributed by atoms with E-state index < -0.39 is 0 Å². The molecule has 0 atom stereocenters. The van der Waals surface area contributed by atoms with Crippen LogP contribution in [-0.2, 0) is 16.6 Å². The monoisotopic (exact) mass is 257 g/mol. The fourth-order valence-electron chi connectivity index (χ4n) is 1.84. The maximum Gasteiger partial charge on any atom is 0.193 e. The van der Waals surface area contributed by atoms with E-state index in [1.807, 2.05) is 42.5 Å². The highest BCUT2D eigenvalue weighted by Gasteiger charge is 2.09. The van der Waals surface area contributed by atoms with E-state index in [0.29, 0.717) is 10.9 Å². The Hall–Kier alpha value is -1.54. The van der Waals surface area contributed by atoms with Gasteiger partial charge in [-0.15, -0.1) is 0 Å². The molecule has 18 heavy (non-hydrogen) atoms. The second-order valence-electron chi connectivity index (χ2n) is 4.52. The summed E-state index contributed by atoms with van der Waals surface area (Å²) in [6, 6.07) is 17.4. The van der Waals surface area contributed by atoms with Crippen molar-refractivity contribution in [1.29, 1.82) is 0 Å². The molecule has 0 radical (unpaired) electrons. The number of benzene rings is 2. The molecule has 2 heteroatoms. The molecule has 0 aliphatic carbocycles. The van der Waals surface area contributed by atoms with Crippen LogP contribution in [0.25, 0.3) is 0 Å². The normalized spacial score (nSPS) is 10.6. The minimum absolute atomic E-state index is 0.0918. The molecule has 0 saturated heterocycles. The van der Waals surface area contributed by atoms with Crippen LogP contribution in [0.2, 0.25) is 0 Å². The second-order valence-corrected chi connectivity index (χ2v) is 6.78. The summed E-state index contributed by atoms with van der Waals surface area (Å²) in [4.78, 5) is 12.2. The summed E-state index contributed by atoms with van der Waals surface area (Å²) in [6.07, 6.45) is 4.45. The lowest BCUT2D eigenvalue weighted by Gasteiger charge is -2.03. The SMILES string of the molecule is C[S+](C)Cc1ccc(C(=O)c2ccccc2)cc1. The molecular weight excluding hydrogens is 240 g/mol. The van der Waals surface area contributed by atoms with Crippen molar-refractivity contribution in [3.63, 3.8) is 0 Å². The van der Waals surface area contributed by atoms with Crippen LogP contribution in [0.1, 0.15) is 21.5 Å². The van der Waals surface area contributed by atoms with Gasteiger partial charge in [-0.25, -0.2) is 0 Å². The van der Waals surface area contributed by atoms with Crippen molar-refractivity contribution < 1.29 is 4.79 Å². The molecule has 0 heterocycles. The average Bonchev–Trinajstić information content (AvgIpc) is 2.39. The van der Waals surface area contributed by atoms with E-state index in [2.05, 4.69) is 24.6 Å². The van der Waals surface area contributed by atoms with Gasteiger partial charge in [-0.3, -0.25) is 4.79 Å². The van der Waals surface area contributed by atoms with Gasteiger partial charge in [0.15, 0.2) is 5.78 Å². The summed E-state index contributed by atoms with van der Waals surface area (Å²) in [7, 11) is 0.395. The zero-order valence-corrected chi connectivity index (χ0v) is 11.5. The van der Waals surface area contributed by atoms with Gasteiger partial charge in [-0.05, 0) is 10.9 Å². The van der Waals surface area contributed by atoms with Crippen molar-refractivity contribution in [2.75, 3.05) is 12.5 Å². The van der Waals surface area contributed by atoms with E-state index in [1.54, 1.807) is 0 Å². The van der Waals surface area contributed by atoms with Crippen molar-refractivity contribution in [1.82, 2.24) is 0 Å². The fraction of sp³-hybridized carbons (Fsp3) is 0.188. The maximum atomic E-state index is 12.2. The molecule has 0 spiro atoms. The van der Waals surface area contributed by atoms with Gasteiger partial charge < -0.3 is 0 Å². The van der Waals surface area contributed by atoms with Crippen LogP contribution in [0.15, 0.2) is 54.6 Å². The lowest BCUT2D eigenvalue weighted by molar-refractivity contribution is 0.103. The maximum absolute atomic E-state index is 12.2. The van der Waals surface area contributed by atoms with Gasteiger partial charge in [0, 0.05) is 16.7 Å². The van der Waals surface area contributed by atoms with Crippen LogP contribution in [0.3, 0.4) is 0 Å². The smallest absolute Gasteiger partial charge is 0.193 e. The molecule has 0 saturated carbocycles. The van der Waals surface area contributed by atoms with Gasteiger partial charge in [-0.2, -0.15) is 0 Å². The molecule has 0 fully saturated rings. The molecule has 0 aliphatic rings. The summed E-state index contributed by atoms with van der Waals surface area (Å²) < 4.78 is 0. The van der Waals surface area contributed by atoms with E-state index in [9.17, 15) is 4.79 Å². The number of hydrogen-bond acceptors (Lipinski definition) is 1. The first-order valence-corrected chi connectivity index (χ1v) is 8.11. The van der Waals surface area contributed by atoms with Crippen LogP contribution < -0.4 is 0 Å². The Bertz CT molecular complexity index is 515. The van der Waals surface area contributed by atoms with Crippen LogP contribution >= 0.6 is 0 Å². The standard InChI is InChI=1S/C16H17OS/c1-18(2)12-13-8-10-15(11-9-13)16(17)14-6-4-3-5-7-14/h3-11H,12H2,1-2H3/q+1. The third kappa shape index (κ3) is 3.23. The third-order valence-corrected chi connectivity index (χ3v) is 3.62. The first-order chi connectivity index (χ1) is 8.66. The van der Waals surface area contributed by atoms with Crippen molar-refractivity contribution in [3.8, 4) is 0 Å². The Balaban J connectivity index is 2.17. The molecule has 92 valence electrons. The zero-order valence-electron chi connectivity index (χ0n) is 10.7. The Labute approximate surface area is 111 Å². The Morgan fingerprint density at radius 2 is 1.44 bits per heavy atom. The first-order valence-electron chi connectivity index (χ1n) is 5.89. The van der Waals surface area contributed by atoms with Crippen LogP contribution in [-0.4, -0.2) is 18.3 Å². The highest BCUT2D eigenvalue weighted by Crippen LogP contribution is 2.12. The second kappa shape index (κ2) is 5.87. The number of carbonyl (C=O) groups excluding carboxylic acids is 1. The number of ketones is 1. The molecule has 0 aromatic heterocycles. The van der Waals surface area contributed by atoms with Gasteiger partial charge in [-0.1, -0.05) is 54.6 Å². The Kier molecular flexibility index (Phi) is 4.21. The van der Waals surface area contributed by atoms with Crippen molar-refractivity contribution in [2.24, 2.45) is 0 Å². The van der Waals surface area contributed by atoms with Gasteiger partial charge in [0.05, 0.1) is 12.5 Å². The fourth-order valence-corrected chi connectivity index (χ4v) is 2.70. The topological polar surface area (TPSA) is 17.1 Å². The summed E-state index contributed by atoms with van der Waals surface area (Å²) in [5.74, 6) is 1.17. The number of hydrogen-bond donors (Lipinski definition) is 0. The molecule has 2 aromatic rings. The van der Waals surface area contributed by atoms with Gasteiger partial charge in [0.25, 0.3) is 0 Å². The van der Waals surface area contributed by atoms with E-state index in [0.717, 1.165) is 16.9 Å². The van der Waals surface area contributed by atoms with Gasteiger partial charge in [0.1, 0.15) is 5.75 Å². The van der Waals surface area contributed by atoms with Gasteiger partial charge in [0.2, 0.25) is 0 Å². The number of carbonyl (C=O) groups is 1. The van der Waals surface area contributed by atoms with Crippen molar-refractivity contribution >= 4 is 16.7 Å². The molecular formula is C16H17OS+. The van der Waals surface area contributed by atoms with Crippen LogP contribution in [0.4, 0.5) is 0 Å². The van der Waals surface area contributed by atoms with Crippen molar-refractivity contribution in [3.05, 3.63) is 71.3 Å². The number of rotatable bonds is 4. The summed E-state index contributed by atoms with van der Waals surface area (Å²) >= 11 is 0. The largest absolute Gasteiger partial charge is 0.289 e. The van der Waals surface area contributed by atoms with E-state index >= 15 is 0 Å². The molecule has 0 unspecified atom stereocenters. The minimum Gasteiger partial charge on any atom is -0.289 e. The highest BCUT2D eigenvalue weighted by molar-refractivity contribution is 7.94. The van der Waals surface area contributed by atoms with E-state index in [-0.39, 0.29) is 5.78 Å². The average molecular weight is 257 g/mol. The molecule has 0 amide bonds. The Morgan fingerprint density at radius 3 is 2.00 bits per heavy atom. The van der Waals surface area contributed by atoms with E-state index in [1.165, 1.54) is 5.56 Å². The third-order valence-electron chi connectivity index (χ3n) is 2.71. The molecule has 2 aromatic carbocycles. The molecule has 0 bridgehead atoms. The summed E-state index contributed by atoms with van der Waals surface area (Å²) in [5.41, 5.74) is 2.81. The Morgan fingerprint density at radius 1 is 0.889 bits per heavy atom. The quantitative estimate of drug-likeness (QED) is 0.607. The van der Waals surface area contributed by atoms with Crippen LogP contribution in [0.5, 0.6) is 0 Å². The zero-order chi connectivity index (χ0) is 13.0. The summed E-state index contributed by atoms with van der Waals surface area (Å²) in [6.45, 7) is 0.